The van der Waals surface area contributed by atoms with Gasteiger partial charge in [0.2, 0.25) is 5.91 Å². The average Bonchev–Trinajstić information content (AvgIpc) is 2.83. The van der Waals surface area contributed by atoms with Gasteiger partial charge in [-0.15, -0.1) is 0 Å². The van der Waals surface area contributed by atoms with Crippen molar-refractivity contribution in [2.24, 2.45) is 5.92 Å². The Kier molecular flexibility index (Phi) is 6.52. The fourth-order valence-corrected chi connectivity index (χ4v) is 4.39. The van der Waals surface area contributed by atoms with Gasteiger partial charge in [-0.25, -0.2) is 8.78 Å². The van der Waals surface area contributed by atoms with Crippen molar-refractivity contribution in [2.75, 3.05) is 44.2 Å². The molecule has 0 N–H and O–H groups in total. The van der Waals surface area contributed by atoms with Crippen LogP contribution in [0.4, 0.5) is 20.2 Å². The van der Waals surface area contributed by atoms with Crippen molar-refractivity contribution in [3.8, 4) is 0 Å². The largest absolute Gasteiger partial charge is 0.368 e. The molecule has 0 unspecified atom stereocenters. The number of halogens is 2. The molecule has 0 radical (unpaired) electrons. The summed E-state index contributed by atoms with van der Waals surface area (Å²) < 4.78 is 27.0. The van der Waals surface area contributed by atoms with E-state index in [0.29, 0.717) is 58.2 Å². The number of amides is 2. The van der Waals surface area contributed by atoms with E-state index in [2.05, 4.69) is 4.90 Å². The summed E-state index contributed by atoms with van der Waals surface area (Å²) in [5.41, 5.74) is 0.760. The van der Waals surface area contributed by atoms with E-state index in [1.54, 1.807) is 12.1 Å². The van der Waals surface area contributed by atoms with Crippen LogP contribution in [-0.4, -0.2) is 65.8 Å². The molecule has 2 aromatic rings. The van der Waals surface area contributed by atoms with Gasteiger partial charge in [-0.05, 0) is 37.1 Å². The third kappa shape index (κ3) is 4.94. The molecule has 4 rings (SSSR count). The molecule has 0 atom stereocenters. The van der Waals surface area contributed by atoms with E-state index in [9.17, 15) is 28.5 Å². The van der Waals surface area contributed by atoms with E-state index in [4.69, 9.17) is 0 Å². The summed E-state index contributed by atoms with van der Waals surface area (Å²) in [4.78, 5) is 41.3. The van der Waals surface area contributed by atoms with E-state index in [-0.39, 0.29) is 23.1 Å². The summed E-state index contributed by atoms with van der Waals surface area (Å²) in [5, 5.41) is 10.8. The molecule has 10 heteroatoms. The van der Waals surface area contributed by atoms with Gasteiger partial charge in [-0.2, -0.15) is 0 Å². The predicted octanol–water partition coefficient (Wildman–Crippen LogP) is 3.07. The van der Waals surface area contributed by atoms with Crippen LogP contribution in [-0.2, 0) is 4.79 Å². The number of rotatable bonds is 4. The Balaban J connectivity index is 1.28. The number of piperazine rings is 1. The lowest BCUT2D eigenvalue weighted by Crippen LogP contribution is -2.52. The summed E-state index contributed by atoms with van der Waals surface area (Å²) in [6.07, 6.45) is 0.992. The molecule has 0 aromatic heterocycles. The number of nitro groups is 1. The first kappa shape index (κ1) is 22.6. The van der Waals surface area contributed by atoms with Gasteiger partial charge in [0.25, 0.3) is 11.6 Å². The zero-order chi connectivity index (χ0) is 23.5. The minimum absolute atomic E-state index is 0.0413. The highest BCUT2D eigenvalue weighted by atomic mass is 19.1. The van der Waals surface area contributed by atoms with Gasteiger partial charge in [-0.3, -0.25) is 19.7 Å². The first-order chi connectivity index (χ1) is 15.8. The van der Waals surface area contributed by atoms with Crippen molar-refractivity contribution < 1.29 is 23.3 Å². The number of benzene rings is 2. The molecule has 2 saturated heterocycles. The van der Waals surface area contributed by atoms with Gasteiger partial charge in [0, 0.05) is 69.1 Å². The smallest absolute Gasteiger partial charge is 0.269 e. The van der Waals surface area contributed by atoms with Gasteiger partial charge in [0.15, 0.2) is 0 Å². The zero-order valence-corrected chi connectivity index (χ0v) is 18.0. The van der Waals surface area contributed by atoms with Crippen LogP contribution in [0, 0.1) is 27.7 Å². The molecule has 0 saturated carbocycles. The second-order valence-electron chi connectivity index (χ2n) is 8.28. The summed E-state index contributed by atoms with van der Waals surface area (Å²) in [5.74, 6) is -2.25. The number of non-ortho nitro benzene ring substituents is 1. The van der Waals surface area contributed by atoms with Crippen molar-refractivity contribution >= 4 is 23.2 Å². The lowest BCUT2D eigenvalue weighted by Gasteiger charge is -2.39. The highest BCUT2D eigenvalue weighted by molar-refractivity contribution is 5.94. The number of hydrogen-bond acceptors (Lipinski definition) is 5. The normalized spacial score (nSPS) is 17.2. The lowest BCUT2D eigenvalue weighted by molar-refractivity contribution is -0.384. The van der Waals surface area contributed by atoms with E-state index >= 15 is 0 Å². The molecule has 2 aliphatic heterocycles. The van der Waals surface area contributed by atoms with Crippen molar-refractivity contribution in [3.63, 3.8) is 0 Å². The first-order valence-corrected chi connectivity index (χ1v) is 10.9. The number of nitro benzene ring substituents is 1. The van der Waals surface area contributed by atoms with Gasteiger partial charge in [0.1, 0.15) is 11.6 Å². The average molecular weight is 458 g/mol. The molecule has 2 heterocycles. The molecule has 2 amide bonds. The topological polar surface area (TPSA) is 87.0 Å². The van der Waals surface area contributed by atoms with Gasteiger partial charge < -0.3 is 14.7 Å². The Labute approximate surface area is 189 Å². The molecule has 0 aliphatic carbocycles. The molecule has 174 valence electrons. The minimum atomic E-state index is -0.885. The molecular formula is C23H24F2N4O4. The Morgan fingerprint density at radius 2 is 1.52 bits per heavy atom. The third-order valence-corrected chi connectivity index (χ3v) is 6.31. The number of nitrogens with zero attached hydrogens (tertiary/aromatic N) is 4. The van der Waals surface area contributed by atoms with Crippen LogP contribution in [0.25, 0.3) is 0 Å². The maximum Gasteiger partial charge on any atom is 0.269 e. The zero-order valence-electron chi connectivity index (χ0n) is 18.0. The maximum atomic E-state index is 13.9. The van der Waals surface area contributed by atoms with E-state index in [0.717, 1.165) is 17.8 Å². The Morgan fingerprint density at radius 3 is 2.09 bits per heavy atom. The first-order valence-electron chi connectivity index (χ1n) is 10.9. The molecule has 8 nitrogen and oxygen atoms in total. The Hall–Kier alpha value is -3.56. The SMILES string of the molecule is O=C(c1ccc(F)cc1F)N1CCC(C(=O)N2CCN(c3ccc([N+](=O)[O-])cc3)CC2)CC1. The molecule has 0 bridgehead atoms. The quantitative estimate of drug-likeness (QED) is 0.519. The molecule has 33 heavy (non-hydrogen) atoms. The molecule has 2 aromatic carbocycles. The summed E-state index contributed by atoms with van der Waals surface area (Å²) in [7, 11) is 0. The Bertz CT molecular complexity index is 1050. The van der Waals surface area contributed by atoms with Crippen LogP contribution in [0.2, 0.25) is 0 Å². The third-order valence-electron chi connectivity index (χ3n) is 6.31. The molecule has 2 aliphatic rings. The van der Waals surface area contributed by atoms with Crippen molar-refractivity contribution in [2.45, 2.75) is 12.8 Å². The van der Waals surface area contributed by atoms with E-state index in [1.807, 2.05) is 4.90 Å². The van der Waals surface area contributed by atoms with Crippen LogP contribution >= 0.6 is 0 Å². The van der Waals surface area contributed by atoms with Crippen molar-refractivity contribution in [1.29, 1.82) is 0 Å². The van der Waals surface area contributed by atoms with Gasteiger partial charge in [-0.1, -0.05) is 0 Å². The second kappa shape index (κ2) is 9.51. The molecular weight excluding hydrogens is 434 g/mol. The summed E-state index contributed by atoms with van der Waals surface area (Å²) in [6.45, 7) is 3.05. The maximum absolute atomic E-state index is 13.9. The highest BCUT2D eigenvalue weighted by Crippen LogP contribution is 2.25. The van der Waals surface area contributed by atoms with Crippen molar-refractivity contribution in [3.05, 3.63) is 69.8 Å². The van der Waals surface area contributed by atoms with Crippen LogP contribution in [0.3, 0.4) is 0 Å². The lowest BCUT2D eigenvalue weighted by atomic mass is 9.94. The molecule has 0 spiro atoms. The number of likely N-dealkylation sites (tertiary alicyclic amines) is 1. The number of hydrogen-bond donors (Lipinski definition) is 0. The van der Waals surface area contributed by atoms with Crippen LogP contribution < -0.4 is 4.90 Å². The summed E-state index contributed by atoms with van der Waals surface area (Å²) >= 11 is 0. The number of piperidine rings is 1. The number of anilines is 1. The van der Waals surface area contributed by atoms with Gasteiger partial charge >= 0.3 is 0 Å². The molecule has 2 fully saturated rings. The van der Waals surface area contributed by atoms with Crippen LogP contribution in [0.1, 0.15) is 23.2 Å². The van der Waals surface area contributed by atoms with Crippen molar-refractivity contribution in [1.82, 2.24) is 9.80 Å². The van der Waals surface area contributed by atoms with E-state index in [1.165, 1.54) is 17.0 Å². The van der Waals surface area contributed by atoms with Crippen LogP contribution in [0.15, 0.2) is 42.5 Å². The van der Waals surface area contributed by atoms with Gasteiger partial charge in [0.05, 0.1) is 10.5 Å². The fourth-order valence-electron chi connectivity index (χ4n) is 4.39. The minimum Gasteiger partial charge on any atom is -0.368 e. The Morgan fingerprint density at radius 1 is 0.879 bits per heavy atom. The highest BCUT2D eigenvalue weighted by Gasteiger charge is 2.32. The number of carbonyl (C=O) groups excluding carboxylic acids is 2. The standard InChI is InChI=1S/C23H24F2N4O4/c24-17-1-6-20(21(25)15-17)23(31)27-9-7-16(8-10-27)22(30)28-13-11-26(12-14-28)18-2-4-19(5-3-18)29(32)33/h1-6,15-16H,7-14H2. The fraction of sp³-hybridized carbons (Fsp3) is 0.391. The van der Waals surface area contributed by atoms with E-state index < -0.39 is 22.5 Å². The number of carbonyl (C=O) groups is 2. The van der Waals surface area contributed by atoms with Crippen LogP contribution in [0.5, 0.6) is 0 Å². The monoisotopic (exact) mass is 458 g/mol. The second-order valence-corrected chi connectivity index (χ2v) is 8.28. The summed E-state index contributed by atoms with van der Waals surface area (Å²) in [6, 6.07) is 9.27. The predicted molar refractivity (Wildman–Crippen MR) is 117 cm³/mol.